The third-order valence-corrected chi connectivity index (χ3v) is 4.29. The molecular weight excluding hydrogens is 260 g/mol. The summed E-state index contributed by atoms with van der Waals surface area (Å²) < 4.78 is 0. The van der Waals surface area contributed by atoms with E-state index in [-0.39, 0.29) is 0 Å². The van der Waals surface area contributed by atoms with Crippen molar-refractivity contribution in [3.8, 4) is 0 Å². The summed E-state index contributed by atoms with van der Waals surface area (Å²) in [6.07, 6.45) is 2.63. The van der Waals surface area contributed by atoms with E-state index in [9.17, 15) is 0 Å². The summed E-state index contributed by atoms with van der Waals surface area (Å²) in [6.45, 7) is 10.8. The van der Waals surface area contributed by atoms with Crippen LogP contribution in [0.3, 0.4) is 0 Å². The van der Waals surface area contributed by atoms with Gasteiger partial charge in [-0.3, -0.25) is 0 Å². The highest BCUT2D eigenvalue weighted by Crippen LogP contribution is 2.33. The summed E-state index contributed by atoms with van der Waals surface area (Å²) in [6, 6.07) is 7.36. The van der Waals surface area contributed by atoms with E-state index in [1.54, 1.807) is 0 Å². The predicted molar refractivity (Wildman–Crippen MR) is 90.7 cm³/mol. The molecule has 1 aromatic carbocycles. The van der Waals surface area contributed by atoms with Gasteiger partial charge < -0.3 is 15.1 Å². The van der Waals surface area contributed by atoms with Crippen LogP contribution in [0.5, 0.6) is 0 Å². The third kappa shape index (κ3) is 3.43. The van der Waals surface area contributed by atoms with Gasteiger partial charge in [0, 0.05) is 51.0 Å². The minimum absolute atomic E-state index is 0.464. The molecule has 2 saturated heterocycles. The van der Waals surface area contributed by atoms with Gasteiger partial charge in [-0.05, 0) is 44.9 Å². The quantitative estimate of drug-likeness (QED) is 0.923. The summed E-state index contributed by atoms with van der Waals surface area (Å²) in [7, 11) is 0. The van der Waals surface area contributed by atoms with Gasteiger partial charge >= 0.3 is 0 Å². The van der Waals surface area contributed by atoms with Crippen LogP contribution in [0.2, 0.25) is 0 Å². The van der Waals surface area contributed by atoms with Crippen molar-refractivity contribution in [2.45, 2.75) is 32.7 Å². The Morgan fingerprint density at radius 1 is 1.00 bits per heavy atom. The lowest BCUT2D eigenvalue weighted by Crippen LogP contribution is -2.40. The molecule has 4 nitrogen and oxygen atoms in total. The van der Waals surface area contributed by atoms with Gasteiger partial charge in [0.25, 0.3) is 0 Å². The zero-order valence-corrected chi connectivity index (χ0v) is 13.3. The van der Waals surface area contributed by atoms with Crippen LogP contribution >= 0.6 is 0 Å². The first-order valence-electron chi connectivity index (χ1n) is 8.28. The number of benzene rings is 1. The van der Waals surface area contributed by atoms with E-state index in [1.807, 2.05) is 0 Å². The van der Waals surface area contributed by atoms with Crippen LogP contribution in [0, 0.1) is 0 Å². The lowest BCUT2D eigenvalue weighted by atomic mass is 10.1. The molecule has 0 aromatic heterocycles. The van der Waals surface area contributed by atoms with E-state index >= 15 is 0 Å². The summed E-state index contributed by atoms with van der Waals surface area (Å²) in [5.74, 6) is 0. The molecule has 1 radical (unpaired) electrons. The van der Waals surface area contributed by atoms with Gasteiger partial charge in [-0.15, -0.1) is 0 Å². The van der Waals surface area contributed by atoms with Crippen molar-refractivity contribution < 1.29 is 0 Å². The maximum Gasteiger partial charge on any atom is 0.0622 e. The van der Waals surface area contributed by atoms with Gasteiger partial charge in [-0.1, -0.05) is 0 Å². The average Bonchev–Trinajstić information content (AvgIpc) is 3.02. The Kier molecular flexibility index (Phi) is 4.54. The second kappa shape index (κ2) is 6.56. The van der Waals surface area contributed by atoms with E-state index in [0.29, 0.717) is 6.04 Å². The number of nitrogens with one attached hydrogen (secondary N) is 1. The third-order valence-electron chi connectivity index (χ3n) is 4.29. The van der Waals surface area contributed by atoms with Crippen molar-refractivity contribution >= 4 is 17.1 Å². The van der Waals surface area contributed by atoms with Crippen molar-refractivity contribution in [1.29, 1.82) is 0 Å². The minimum Gasteiger partial charge on any atom is -0.381 e. The number of rotatable bonds is 4. The maximum absolute atomic E-state index is 4.45. The molecule has 4 heteroatoms. The molecule has 115 valence electrons. The van der Waals surface area contributed by atoms with Crippen LogP contribution < -0.4 is 20.4 Å². The van der Waals surface area contributed by atoms with E-state index in [0.717, 1.165) is 26.2 Å². The molecule has 21 heavy (non-hydrogen) atoms. The van der Waals surface area contributed by atoms with E-state index in [2.05, 4.69) is 52.5 Å². The highest BCUT2D eigenvalue weighted by Gasteiger charge is 2.19. The van der Waals surface area contributed by atoms with Gasteiger partial charge in [0.05, 0.1) is 11.4 Å². The van der Waals surface area contributed by atoms with Crippen LogP contribution in [-0.4, -0.2) is 45.3 Å². The maximum atomic E-state index is 4.45. The van der Waals surface area contributed by atoms with E-state index < -0.39 is 0 Å². The molecule has 1 aromatic rings. The van der Waals surface area contributed by atoms with Crippen molar-refractivity contribution in [3.63, 3.8) is 0 Å². The number of anilines is 3. The van der Waals surface area contributed by atoms with Gasteiger partial charge in [0.1, 0.15) is 0 Å². The Morgan fingerprint density at radius 2 is 1.71 bits per heavy atom. The largest absolute Gasteiger partial charge is 0.381 e. The zero-order chi connectivity index (χ0) is 14.7. The molecule has 0 atom stereocenters. The predicted octanol–water partition coefficient (Wildman–Crippen LogP) is 2.53. The number of hydrogen-bond acceptors (Lipinski definition) is 3. The fourth-order valence-electron chi connectivity index (χ4n) is 3.23. The lowest BCUT2D eigenvalue weighted by molar-refractivity contribution is 0.579. The van der Waals surface area contributed by atoms with Crippen LogP contribution in [0.4, 0.5) is 17.1 Å². The second-order valence-electron chi connectivity index (χ2n) is 6.35. The van der Waals surface area contributed by atoms with E-state index in [4.69, 9.17) is 0 Å². The lowest BCUT2D eigenvalue weighted by Gasteiger charge is -2.31. The molecular formula is C17H27N4. The molecule has 3 rings (SSSR count). The molecule has 0 spiro atoms. The van der Waals surface area contributed by atoms with E-state index in [1.165, 1.54) is 43.0 Å². The molecule has 0 bridgehead atoms. The van der Waals surface area contributed by atoms with Crippen molar-refractivity contribution in [3.05, 3.63) is 18.2 Å². The van der Waals surface area contributed by atoms with Gasteiger partial charge in [0.2, 0.25) is 0 Å². The van der Waals surface area contributed by atoms with Crippen molar-refractivity contribution in [2.75, 3.05) is 54.4 Å². The van der Waals surface area contributed by atoms with Gasteiger partial charge in [-0.25, -0.2) is 5.32 Å². The Balaban J connectivity index is 1.87. The average molecular weight is 287 g/mol. The molecule has 0 unspecified atom stereocenters. The van der Waals surface area contributed by atoms with Crippen LogP contribution in [0.25, 0.3) is 0 Å². The molecule has 0 aliphatic carbocycles. The fraction of sp³-hybridized carbons (Fsp3) is 0.647. The molecule has 1 N–H and O–H groups in total. The highest BCUT2D eigenvalue weighted by atomic mass is 15.2. The molecule has 2 fully saturated rings. The topological polar surface area (TPSA) is 32.6 Å². The summed E-state index contributed by atoms with van der Waals surface area (Å²) >= 11 is 0. The van der Waals surface area contributed by atoms with Crippen LogP contribution in [-0.2, 0) is 0 Å². The highest BCUT2D eigenvalue weighted by molar-refractivity contribution is 5.76. The normalized spacial score (nSPS) is 19.4. The molecule has 2 aliphatic rings. The molecule has 0 amide bonds. The van der Waals surface area contributed by atoms with Crippen LogP contribution in [0.15, 0.2) is 18.2 Å². The van der Waals surface area contributed by atoms with Gasteiger partial charge in [0.15, 0.2) is 0 Å². The standard InChI is InChI=1S/C17H27N4/c1-14(2)19-16-6-5-15(20-11-7-18-8-12-20)13-17(16)21-9-3-4-10-21/h5-6,13-14,19H,3-4,7-12H2,1-2H3. The zero-order valence-electron chi connectivity index (χ0n) is 13.3. The summed E-state index contributed by atoms with van der Waals surface area (Å²) in [4.78, 5) is 4.99. The number of hydrogen-bond donors (Lipinski definition) is 1. The number of piperazine rings is 1. The van der Waals surface area contributed by atoms with Crippen molar-refractivity contribution in [1.82, 2.24) is 5.32 Å². The van der Waals surface area contributed by atoms with Crippen molar-refractivity contribution in [2.24, 2.45) is 0 Å². The monoisotopic (exact) mass is 287 g/mol. The minimum atomic E-state index is 0.464. The Bertz CT molecular complexity index is 460. The first-order valence-corrected chi connectivity index (χ1v) is 8.28. The Morgan fingerprint density at radius 3 is 2.38 bits per heavy atom. The Hall–Kier alpha value is -1.42. The fourth-order valence-corrected chi connectivity index (χ4v) is 3.23. The molecule has 2 aliphatic heterocycles. The first kappa shape index (κ1) is 14.5. The number of nitrogens with zero attached hydrogens (tertiary/aromatic N) is 3. The molecule has 0 saturated carbocycles. The molecule has 2 heterocycles. The smallest absolute Gasteiger partial charge is 0.0622 e. The first-order chi connectivity index (χ1) is 10.2. The van der Waals surface area contributed by atoms with Gasteiger partial charge in [-0.2, -0.15) is 0 Å². The summed E-state index contributed by atoms with van der Waals surface area (Å²) in [5, 5.41) is 8.05. The second-order valence-corrected chi connectivity index (χ2v) is 6.35. The van der Waals surface area contributed by atoms with Crippen LogP contribution in [0.1, 0.15) is 26.7 Å². The SMILES string of the molecule is CC(C)Nc1ccc(N2CC[N]CC2)cc1N1CCCC1. The Labute approximate surface area is 128 Å². The summed E-state index contributed by atoms with van der Waals surface area (Å²) in [5.41, 5.74) is 4.00.